The third-order valence-electron chi connectivity index (χ3n) is 1.64. The number of anilines is 1. The molecule has 0 amide bonds. The Bertz CT molecular complexity index is 377. The molecule has 0 atom stereocenters. The molecular formula is C9H7F3N2. The van der Waals surface area contributed by atoms with Gasteiger partial charge in [-0.25, -0.2) is 0 Å². The molecule has 0 aliphatic rings. The van der Waals surface area contributed by atoms with E-state index in [2.05, 4.69) is 0 Å². The van der Waals surface area contributed by atoms with Crippen LogP contribution in [-0.2, 0) is 6.42 Å². The Morgan fingerprint density at radius 2 is 2.00 bits per heavy atom. The van der Waals surface area contributed by atoms with Crippen molar-refractivity contribution in [1.82, 2.24) is 0 Å². The number of halogens is 3. The second kappa shape index (κ2) is 3.58. The molecule has 0 unspecified atom stereocenters. The van der Waals surface area contributed by atoms with E-state index in [1.807, 2.05) is 0 Å². The molecule has 0 saturated carbocycles. The van der Waals surface area contributed by atoms with Crippen molar-refractivity contribution < 1.29 is 13.2 Å². The standard InChI is InChI=1S/C9H7F3N2/c10-9(11,12)4-6-1-2-8(14)7(3-6)5-13/h1-3H,4,14H2. The zero-order valence-electron chi connectivity index (χ0n) is 7.10. The highest BCUT2D eigenvalue weighted by Crippen LogP contribution is 2.23. The first-order valence-corrected chi connectivity index (χ1v) is 3.77. The first-order valence-electron chi connectivity index (χ1n) is 3.77. The maximum atomic E-state index is 12.0. The Balaban J connectivity index is 2.97. The van der Waals surface area contributed by atoms with E-state index in [9.17, 15) is 13.2 Å². The molecule has 0 spiro atoms. The second-order valence-corrected chi connectivity index (χ2v) is 2.83. The van der Waals surface area contributed by atoms with Crippen molar-refractivity contribution >= 4 is 5.69 Å². The monoisotopic (exact) mass is 200 g/mol. The topological polar surface area (TPSA) is 49.8 Å². The van der Waals surface area contributed by atoms with Crippen molar-refractivity contribution in [3.05, 3.63) is 29.3 Å². The van der Waals surface area contributed by atoms with Crippen LogP contribution in [0.4, 0.5) is 18.9 Å². The summed E-state index contributed by atoms with van der Waals surface area (Å²) in [5.41, 5.74) is 5.67. The van der Waals surface area contributed by atoms with Gasteiger partial charge in [-0.15, -0.1) is 0 Å². The van der Waals surface area contributed by atoms with E-state index >= 15 is 0 Å². The van der Waals surface area contributed by atoms with Gasteiger partial charge in [-0.05, 0) is 17.7 Å². The number of nitrogen functional groups attached to an aromatic ring is 1. The van der Waals surface area contributed by atoms with Gasteiger partial charge in [0.25, 0.3) is 0 Å². The molecule has 5 heteroatoms. The average Bonchev–Trinajstić information content (AvgIpc) is 2.06. The minimum absolute atomic E-state index is 0.0447. The van der Waals surface area contributed by atoms with Crippen molar-refractivity contribution in [3.63, 3.8) is 0 Å². The van der Waals surface area contributed by atoms with Crippen LogP contribution in [0.5, 0.6) is 0 Å². The molecular weight excluding hydrogens is 193 g/mol. The van der Waals surface area contributed by atoms with Gasteiger partial charge in [0.15, 0.2) is 0 Å². The average molecular weight is 200 g/mol. The van der Waals surface area contributed by atoms with Gasteiger partial charge in [0.2, 0.25) is 0 Å². The molecule has 0 bridgehead atoms. The minimum Gasteiger partial charge on any atom is -0.398 e. The lowest BCUT2D eigenvalue weighted by Crippen LogP contribution is -2.11. The lowest BCUT2D eigenvalue weighted by Gasteiger charge is -2.07. The summed E-state index contributed by atoms with van der Waals surface area (Å²) < 4.78 is 35.9. The third-order valence-corrected chi connectivity index (χ3v) is 1.64. The fourth-order valence-corrected chi connectivity index (χ4v) is 1.04. The molecule has 1 rings (SSSR count). The highest BCUT2D eigenvalue weighted by molar-refractivity contribution is 5.55. The summed E-state index contributed by atoms with van der Waals surface area (Å²) in [6, 6.07) is 5.46. The quantitative estimate of drug-likeness (QED) is 0.707. The first kappa shape index (κ1) is 10.4. The smallest absolute Gasteiger partial charge is 0.393 e. The predicted molar refractivity (Wildman–Crippen MR) is 45.3 cm³/mol. The van der Waals surface area contributed by atoms with Crippen LogP contribution < -0.4 is 5.73 Å². The molecule has 1 aromatic rings. The number of alkyl halides is 3. The van der Waals surface area contributed by atoms with E-state index in [4.69, 9.17) is 11.0 Å². The molecule has 0 fully saturated rings. The van der Waals surface area contributed by atoms with Crippen LogP contribution in [0.25, 0.3) is 0 Å². The van der Waals surface area contributed by atoms with E-state index in [-0.39, 0.29) is 16.8 Å². The summed E-state index contributed by atoms with van der Waals surface area (Å²) in [6.45, 7) is 0. The molecule has 2 nitrogen and oxygen atoms in total. The number of nitrogens with zero attached hydrogens (tertiary/aromatic N) is 1. The van der Waals surface area contributed by atoms with Crippen LogP contribution in [0.1, 0.15) is 11.1 Å². The van der Waals surface area contributed by atoms with E-state index < -0.39 is 12.6 Å². The maximum absolute atomic E-state index is 12.0. The summed E-state index contributed by atoms with van der Waals surface area (Å²) in [4.78, 5) is 0. The van der Waals surface area contributed by atoms with E-state index in [1.54, 1.807) is 6.07 Å². The molecule has 0 aromatic heterocycles. The van der Waals surface area contributed by atoms with Crippen LogP contribution in [-0.4, -0.2) is 6.18 Å². The Kier molecular flexibility index (Phi) is 2.65. The zero-order valence-corrected chi connectivity index (χ0v) is 7.10. The number of hydrogen-bond donors (Lipinski definition) is 1. The SMILES string of the molecule is N#Cc1cc(CC(F)(F)F)ccc1N. The molecule has 0 saturated heterocycles. The van der Waals surface area contributed by atoms with Gasteiger partial charge < -0.3 is 5.73 Å². The highest BCUT2D eigenvalue weighted by atomic mass is 19.4. The number of rotatable bonds is 1. The van der Waals surface area contributed by atoms with Crippen LogP contribution in [0.15, 0.2) is 18.2 Å². The molecule has 0 heterocycles. The first-order chi connectivity index (χ1) is 6.42. The number of nitrogens with two attached hydrogens (primary N) is 1. The Hall–Kier alpha value is -1.70. The number of benzene rings is 1. The Morgan fingerprint density at radius 1 is 1.36 bits per heavy atom. The lowest BCUT2D eigenvalue weighted by molar-refractivity contribution is -0.127. The van der Waals surface area contributed by atoms with Crippen molar-refractivity contribution in [1.29, 1.82) is 5.26 Å². The summed E-state index contributed by atoms with van der Waals surface area (Å²) in [5.74, 6) is 0. The Labute approximate surface area is 78.8 Å². The van der Waals surface area contributed by atoms with Crippen molar-refractivity contribution in [3.8, 4) is 6.07 Å². The molecule has 1 aromatic carbocycles. The lowest BCUT2D eigenvalue weighted by atomic mass is 10.1. The van der Waals surface area contributed by atoms with Crippen LogP contribution in [0, 0.1) is 11.3 Å². The van der Waals surface area contributed by atoms with Gasteiger partial charge in [0.05, 0.1) is 12.0 Å². The zero-order chi connectivity index (χ0) is 10.8. The summed E-state index contributed by atoms with van der Waals surface area (Å²) >= 11 is 0. The normalized spacial score (nSPS) is 11.0. The molecule has 2 N–H and O–H groups in total. The fraction of sp³-hybridized carbons (Fsp3) is 0.222. The number of nitriles is 1. The predicted octanol–water partition coefficient (Wildman–Crippen LogP) is 2.25. The second-order valence-electron chi connectivity index (χ2n) is 2.83. The van der Waals surface area contributed by atoms with Gasteiger partial charge in [-0.1, -0.05) is 6.07 Å². The molecule has 74 valence electrons. The fourth-order valence-electron chi connectivity index (χ4n) is 1.04. The minimum atomic E-state index is -4.26. The highest BCUT2D eigenvalue weighted by Gasteiger charge is 2.27. The van der Waals surface area contributed by atoms with Gasteiger partial charge in [0, 0.05) is 5.69 Å². The summed E-state index contributed by atoms with van der Waals surface area (Å²) in [7, 11) is 0. The van der Waals surface area contributed by atoms with Crippen LogP contribution in [0.2, 0.25) is 0 Å². The van der Waals surface area contributed by atoms with Gasteiger partial charge in [-0.2, -0.15) is 18.4 Å². The van der Waals surface area contributed by atoms with Gasteiger partial charge in [0.1, 0.15) is 6.07 Å². The number of hydrogen-bond acceptors (Lipinski definition) is 2. The molecule has 14 heavy (non-hydrogen) atoms. The van der Waals surface area contributed by atoms with Crippen molar-refractivity contribution in [2.45, 2.75) is 12.6 Å². The van der Waals surface area contributed by atoms with Gasteiger partial charge in [-0.3, -0.25) is 0 Å². The van der Waals surface area contributed by atoms with E-state index in [1.165, 1.54) is 12.1 Å². The van der Waals surface area contributed by atoms with Crippen molar-refractivity contribution in [2.75, 3.05) is 5.73 Å². The molecule has 0 radical (unpaired) electrons. The van der Waals surface area contributed by atoms with Crippen LogP contribution >= 0.6 is 0 Å². The van der Waals surface area contributed by atoms with Crippen LogP contribution in [0.3, 0.4) is 0 Å². The molecule has 0 aliphatic carbocycles. The van der Waals surface area contributed by atoms with E-state index in [0.717, 1.165) is 6.07 Å². The van der Waals surface area contributed by atoms with Crippen molar-refractivity contribution in [2.24, 2.45) is 0 Å². The molecule has 0 aliphatic heterocycles. The van der Waals surface area contributed by atoms with E-state index in [0.29, 0.717) is 0 Å². The Morgan fingerprint density at radius 3 is 2.50 bits per heavy atom. The largest absolute Gasteiger partial charge is 0.398 e. The third kappa shape index (κ3) is 2.66. The summed E-state index contributed by atoms with van der Waals surface area (Å²) in [5, 5.41) is 8.53. The van der Waals surface area contributed by atoms with Gasteiger partial charge >= 0.3 is 6.18 Å². The maximum Gasteiger partial charge on any atom is 0.393 e. The summed E-state index contributed by atoms with van der Waals surface area (Å²) in [6.07, 6.45) is -5.30.